The third-order valence-corrected chi connectivity index (χ3v) is 4.00. The Morgan fingerprint density at radius 1 is 1.19 bits per heavy atom. The fraction of sp³-hybridized carbons (Fsp3) is 0.267. The number of hydrogen-bond donors (Lipinski definition) is 0. The zero-order valence-electron chi connectivity index (χ0n) is 12.0. The predicted octanol–water partition coefficient (Wildman–Crippen LogP) is 2.89. The Bertz CT molecular complexity index is 759. The number of hydrogen-bond acceptors (Lipinski definition) is 3. The normalized spacial score (nSPS) is 11.0. The average molecular weight is 393 g/mol. The van der Waals surface area contributed by atoms with Gasteiger partial charge in [0.25, 0.3) is 0 Å². The molecule has 6 heteroatoms. The van der Waals surface area contributed by atoms with Crippen LogP contribution in [0.1, 0.15) is 18.3 Å². The Morgan fingerprint density at radius 2 is 2.05 bits per heavy atom. The zero-order chi connectivity index (χ0) is 14.8. The van der Waals surface area contributed by atoms with Crippen LogP contribution in [0.25, 0.3) is 11.4 Å². The first kappa shape index (κ1) is 14.2. The minimum absolute atomic E-state index is 0.681. The van der Waals surface area contributed by atoms with Gasteiger partial charge >= 0.3 is 0 Å². The van der Waals surface area contributed by atoms with Crippen molar-refractivity contribution >= 4 is 22.6 Å². The molecule has 2 aromatic heterocycles. The lowest BCUT2D eigenvalue weighted by molar-refractivity contribution is 0.617. The molecule has 0 fully saturated rings. The summed E-state index contributed by atoms with van der Waals surface area (Å²) in [6.07, 6.45) is 2.71. The molecule has 108 valence electrons. The van der Waals surface area contributed by atoms with E-state index in [-0.39, 0.29) is 0 Å². The van der Waals surface area contributed by atoms with Crippen molar-refractivity contribution in [1.82, 2.24) is 24.5 Å². The summed E-state index contributed by atoms with van der Waals surface area (Å²) >= 11 is 2.29. The second-order valence-corrected chi connectivity index (χ2v) is 6.13. The minimum atomic E-state index is 0.681. The van der Waals surface area contributed by atoms with Crippen molar-refractivity contribution in [3.8, 4) is 11.4 Å². The van der Waals surface area contributed by atoms with Crippen LogP contribution in [0.15, 0.2) is 36.7 Å². The first-order valence-corrected chi connectivity index (χ1v) is 7.90. The Balaban J connectivity index is 1.83. The van der Waals surface area contributed by atoms with Crippen LogP contribution in [0.4, 0.5) is 0 Å². The molecule has 0 amide bonds. The standard InChI is InChI=1S/C15H16IN5/c1-3-13-8-14(20(2)18-13)9-21-10-17-15(19-21)11-5-4-6-12(16)7-11/h4-8,10H,3,9H2,1-2H3. The number of aromatic nitrogens is 5. The molecule has 0 aliphatic rings. The lowest BCUT2D eigenvalue weighted by Crippen LogP contribution is -2.06. The summed E-state index contributed by atoms with van der Waals surface area (Å²) in [5.41, 5.74) is 3.27. The maximum atomic E-state index is 4.55. The Morgan fingerprint density at radius 3 is 2.76 bits per heavy atom. The van der Waals surface area contributed by atoms with E-state index in [0.29, 0.717) is 6.54 Å². The fourth-order valence-electron chi connectivity index (χ4n) is 2.19. The summed E-state index contributed by atoms with van der Waals surface area (Å²) in [7, 11) is 1.96. The highest BCUT2D eigenvalue weighted by atomic mass is 127. The molecule has 0 radical (unpaired) electrons. The predicted molar refractivity (Wildman–Crippen MR) is 89.9 cm³/mol. The monoisotopic (exact) mass is 393 g/mol. The van der Waals surface area contributed by atoms with Gasteiger partial charge in [0.05, 0.1) is 17.9 Å². The molecule has 0 bridgehead atoms. The average Bonchev–Trinajstić information content (AvgIpc) is 3.07. The smallest absolute Gasteiger partial charge is 0.181 e. The number of halogens is 1. The van der Waals surface area contributed by atoms with Crippen molar-refractivity contribution in [3.05, 3.63) is 51.6 Å². The maximum absolute atomic E-state index is 4.55. The van der Waals surface area contributed by atoms with E-state index in [0.717, 1.165) is 29.2 Å². The topological polar surface area (TPSA) is 48.5 Å². The van der Waals surface area contributed by atoms with Gasteiger partial charge in [-0.3, -0.25) is 4.68 Å². The Labute approximate surface area is 137 Å². The summed E-state index contributed by atoms with van der Waals surface area (Å²) in [6.45, 7) is 2.79. The van der Waals surface area contributed by atoms with Gasteiger partial charge in [-0.1, -0.05) is 19.1 Å². The van der Waals surface area contributed by atoms with Crippen molar-refractivity contribution in [2.75, 3.05) is 0 Å². The molecule has 21 heavy (non-hydrogen) atoms. The Hall–Kier alpha value is -1.70. The van der Waals surface area contributed by atoms with Crippen molar-refractivity contribution in [2.45, 2.75) is 19.9 Å². The van der Waals surface area contributed by atoms with E-state index in [1.54, 1.807) is 6.33 Å². The van der Waals surface area contributed by atoms with Crippen molar-refractivity contribution in [2.24, 2.45) is 7.05 Å². The first-order chi connectivity index (χ1) is 10.2. The quantitative estimate of drug-likeness (QED) is 0.641. The van der Waals surface area contributed by atoms with E-state index in [9.17, 15) is 0 Å². The largest absolute Gasteiger partial charge is 0.270 e. The van der Waals surface area contributed by atoms with E-state index < -0.39 is 0 Å². The SMILES string of the molecule is CCc1cc(Cn2cnc(-c3cccc(I)c3)n2)n(C)n1. The molecule has 0 saturated heterocycles. The van der Waals surface area contributed by atoms with Gasteiger partial charge in [0, 0.05) is 16.2 Å². The molecular weight excluding hydrogens is 377 g/mol. The molecule has 0 saturated carbocycles. The zero-order valence-corrected chi connectivity index (χ0v) is 14.1. The van der Waals surface area contributed by atoms with Crippen molar-refractivity contribution < 1.29 is 0 Å². The molecule has 0 atom stereocenters. The third-order valence-electron chi connectivity index (χ3n) is 3.33. The van der Waals surface area contributed by atoms with Crippen LogP contribution < -0.4 is 0 Å². The van der Waals surface area contributed by atoms with Gasteiger partial charge in [0.15, 0.2) is 5.82 Å². The van der Waals surface area contributed by atoms with Gasteiger partial charge in [-0.15, -0.1) is 0 Å². The summed E-state index contributed by atoms with van der Waals surface area (Å²) < 4.78 is 4.94. The number of benzene rings is 1. The van der Waals surface area contributed by atoms with E-state index >= 15 is 0 Å². The van der Waals surface area contributed by atoms with Crippen LogP contribution in [-0.4, -0.2) is 24.5 Å². The highest BCUT2D eigenvalue weighted by Gasteiger charge is 2.08. The second kappa shape index (κ2) is 5.97. The summed E-state index contributed by atoms with van der Waals surface area (Å²) in [5.74, 6) is 0.756. The van der Waals surface area contributed by atoms with E-state index in [1.807, 2.05) is 28.5 Å². The van der Waals surface area contributed by atoms with E-state index in [1.165, 1.54) is 3.57 Å². The van der Waals surface area contributed by atoms with Crippen LogP contribution in [0.5, 0.6) is 0 Å². The summed E-state index contributed by atoms with van der Waals surface area (Å²) in [5, 5.41) is 9.01. The van der Waals surface area contributed by atoms with E-state index in [2.05, 4.69) is 62.9 Å². The lowest BCUT2D eigenvalue weighted by Gasteiger charge is -2.01. The minimum Gasteiger partial charge on any atom is -0.270 e. The van der Waals surface area contributed by atoms with Gasteiger partial charge in [-0.2, -0.15) is 10.2 Å². The molecule has 0 aliphatic heterocycles. The number of rotatable bonds is 4. The van der Waals surface area contributed by atoms with Gasteiger partial charge < -0.3 is 0 Å². The highest BCUT2D eigenvalue weighted by Crippen LogP contribution is 2.17. The molecule has 5 nitrogen and oxygen atoms in total. The lowest BCUT2D eigenvalue weighted by atomic mass is 10.2. The second-order valence-electron chi connectivity index (χ2n) is 4.88. The highest BCUT2D eigenvalue weighted by molar-refractivity contribution is 14.1. The van der Waals surface area contributed by atoms with Crippen LogP contribution in [0, 0.1) is 3.57 Å². The third kappa shape index (κ3) is 3.15. The molecule has 0 unspecified atom stereocenters. The molecular formula is C15H16IN5. The number of nitrogens with zero attached hydrogens (tertiary/aromatic N) is 5. The van der Waals surface area contributed by atoms with Gasteiger partial charge in [-0.25, -0.2) is 9.67 Å². The maximum Gasteiger partial charge on any atom is 0.181 e. The van der Waals surface area contributed by atoms with Crippen LogP contribution in [-0.2, 0) is 20.0 Å². The van der Waals surface area contributed by atoms with Crippen molar-refractivity contribution in [1.29, 1.82) is 0 Å². The summed E-state index contributed by atoms with van der Waals surface area (Å²) in [4.78, 5) is 4.40. The molecule has 3 aromatic rings. The van der Waals surface area contributed by atoms with Crippen LogP contribution in [0.2, 0.25) is 0 Å². The Kier molecular flexibility index (Phi) is 4.05. The molecule has 0 spiro atoms. The molecule has 0 N–H and O–H groups in total. The van der Waals surface area contributed by atoms with Crippen LogP contribution in [0.3, 0.4) is 0 Å². The van der Waals surface area contributed by atoms with Gasteiger partial charge in [0.2, 0.25) is 0 Å². The molecule has 2 heterocycles. The molecule has 3 rings (SSSR count). The first-order valence-electron chi connectivity index (χ1n) is 6.83. The number of aryl methyl sites for hydroxylation is 2. The van der Waals surface area contributed by atoms with Crippen molar-refractivity contribution in [3.63, 3.8) is 0 Å². The summed E-state index contributed by atoms with van der Waals surface area (Å²) in [6, 6.07) is 10.3. The fourth-order valence-corrected chi connectivity index (χ4v) is 2.73. The molecule has 0 aliphatic carbocycles. The van der Waals surface area contributed by atoms with E-state index in [4.69, 9.17) is 0 Å². The van der Waals surface area contributed by atoms with Crippen LogP contribution >= 0.6 is 22.6 Å². The van der Waals surface area contributed by atoms with Gasteiger partial charge in [-0.05, 0) is 47.2 Å². The molecule has 1 aromatic carbocycles. The van der Waals surface area contributed by atoms with Gasteiger partial charge in [0.1, 0.15) is 6.33 Å².